The molecular formula is C23H18FN3O4. The zero-order valence-corrected chi connectivity index (χ0v) is 16.8. The van der Waals surface area contributed by atoms with E-state index in [-0.39, 0.29) is 36.4 Å². The first-order chi connectivity index (χ1) is 15.0. The molecule has 8 heteroatoms. The Morgan fingerprint density at radius 2 is 2.10 bits per heavy atom. The third kappa shape index (κ3) is 2.38. The first-order valence-corrected chi connectivity index (χ1v) is 10.2. The van der Waals surface area contributed by atoms with E-state index in [2.05, 4.69) is 5.32 Å². The van der Waals surface area contributed by atoms with E-state index in [1.807, 2.05) is 6.07 Å². The van der Waals surface area contributed by atoms with Gasteiger partial charge >= 0.3 is 5.97 Å². The number of fused-ring (bicyclic) bond motifs is 5. The van der Waals surface area contributed by atoms with Crippen molar-refractivity contribution in [1.29, 1.82) is 0 Å². The van der Waals surface area contributed by atoms with E-state index in [1.54, 1.807) is 11.5 Å². The highest BCUT2D eigenvalue weighted by molar-refractivity contribution is 5.93. The number of pyridine rings is 2. The summed E-state index contributed by atoms with van der Waals surface area (Å²) in [6.45, 7) is 2.05. The van der Waals surface area contributed by atoms with Crippen LogP contribution in [0.25, 0.3) is 22.3 Å². The third-order valence-electron chi connectivity index (χ3n) is 6.81. The molecule has 0 spiro atoms. The molecule has 1 aromatic carbocycles. The highest BCUT2D eigenvalue weighted by Crippen LogP contribution is 2.44. The number of ether oxygens (including phenoxy) is 1. The number of hydrogen-bond donors (Lipinski definition) is 1. The van der Waals surface area contributed by atoms with E-state index in [4.69, 9.17) is 9.72 Å². The maximum absolute atomic E-state index is 14.7. The topological polar surface area (TPSA) is 90.3 Å². The van der Waals surface area contributed by atoms with Gasteiger partial charge in [0.15, 0.2) is 0 Å². The molecule has 0 bridgehead atoms. The largest absolute Gasteiger partial charge is 0.460 e. The summed E-state index contributed by atoms with van der Waals surface area (Å²) in [5.41, 5.74) is 5.95. The second-order valence-corrected chi connectivity index (χ2v) is 8.35. The lowest BCUT2D eigenvalue weighted by molar-refractivity contribution is -0.145. The number of aromatic nitrogens is 2. The predicted molar refractivity (Wildman–Crippen MR) is 109 cm³/mol. The number of carbonyl (C=O) groups excluding carboxylic acids is 2. The fraction of sp³-hybridized carbons (Fsp3) is 0.304. The van der Waals surface area contributed by atoms with Gasteiger partial charge in [0, 0.05) is 17.0 Å². The lowest BCUT2D eigenvalue weighted by Crippen LogP contribution is -2.30. The van der Waals surface area contributed by atoms with Gasteiger partial charge in [-0.15, -0.1) is 0 Å². The van der Waals surface area contributed by atoms with Crippen LogP contribution in [0, 0.1) is 12.7 Å². The van der Waals surface area contributed by atoms with Crippen molar-refractivity contribution < 1.29 is 18.7 Å². The minimum absolute atomic E-state index is 0.0320. The first-order valence-electron chi connectivity index (χ1n) is 10.2. The second kappa shape index (κ2) is 6.23. The summed E-state index contributed by atoms with van der Waals surface area (Å²) in [5.74, 6) is -0.680. The Bertz CT molecular complexity index is 1410. The molecule has 156 valence electrons. The van der Waals surface area contributed by atoms with Crippen LogP contribution >= 0.6 is 0 Å². The monoisotopic (exact) mass is 419 g/mol. The molecule has 0 radical (unpaired) electrons. The summed E-state index contributed by atoms with van der Waals surface area (Å²) in [5, 5.41) is 3.77. The molecule has 1 atom stereocenters. The van der Waals surface area contributed by atoms with Gasteiger partial charge in [-0.05, 0) is 48.1 Å². The minimum Gasteiger partial charge on any atom is -0.460 e. The zero-order valence-electron chi connectivity index (χ0n) is 16.8. The van der Waals surface area contributed by atoms with Gasteiger partial charge in [-0.2, -0.15) is 0 Å². The van der Waals surface area contributed by atoms with Gasteiger partial charge in [0.1, 0.15) is 12.4 Å². The van der Waals surface area contributed by atoms with Crippen molar-refractivity contribution >= 4 is 23.3 Å². The van der Waals surface area contributed by atoms with Crippen LogP contribution in [0.1, 0.15) is 45.8 Å². The van der Waals surface area contributed by atoms with E-state index in [1.165, 1.54) is 6.07 Å². The Labute approximate surface area is 175 Å². The van der Waals surface area contributed by atoms with Gasteiger partial charge in [0.25, 0.3) is 5.56 Å². The molecule has 3 aliphatic rings. The average Bonchev–Trinajstić information content (AvgIpc) is 3.11. The molecule has 0 saturated carbocycles. The van der Waals surface area contributed by atoms with Gasteiger partial charge in [0.05, 0.1) is 41.5 Å². The van der Waals surface area contributed by atoms with Crippen LogP contribution in [-0.2, 0) is 40.3 Å². The number of aryl methyl sites for hydroxylation is 1. The Kier molecular flexibility index (Phi) is 3.66. The van der Waals surface area contributed by atoms with Gasteiger partial charge in [-0.3, -0.25) is 14.4 Å². The molecule has 1 amide bonds. The van der Waals surface area contributed by atoms with Gasteiger partial charge in [-0.25, -0.2) is 9.37 Å². The smallest absolute Gasteiger partial charge is 0.310 e. The molecule has 7 nitrogen and oxygen atoms in total. The normalized spacial score (nSPS) is 18.3. The van der Waals surface area contributed by atoms with Crippen molar-refractivity contribution in [3.05, 3.63) is 61.7 Å². The van der Waals surface area contributed by atoms with Crippen LogP contribution in [-0.4, -0.2) is 21.9 Å². The maximum atomic E-state index is 14.7. The molecule has 1 aliphatic carbocycles. The van der Waals surface area contributed by atoms with E-state index < -0.39 is 0 Å². The quantitative estimate of drug-likeness (QED) is 0.397. The molecule has 1 N–H and O–H groups in total. The van der Waals surface area contributed by atoms with Gasteiger partial charge < -0.3 is 14.6 Å². The highest BCUT2D eigenvalue weighted by Gasteiger charge is 2.35. The van der Waals surface area contributed by atoms with Crippen LogP contribution < -0.4 is 10.9 Å². The number of benzene rings is 1. The standard InChI is InChI=1S/C23H18FN3O4/c1-10-12-2-3-16(25-9-28)21-13-7-27-18(22(13)26-17(20(12)21)6-15(10)24)4-11-5-19(29)31-8-14(11)23(27)30/h4,6,9,16H,2-3,5,7-8H2,1H3,(H,25,28). The number of hydrogen-bond acceptors (Lipinski definition) is 5. The molecule has 3 aromatic rings. The Morgan fingerprint density at radius 3 is 2.90 bits per heavy atom. The molecule has 0 fully saturated rings. The van der Waals surface area contributed by atoms with E-state index >= 15 is 0 Å². The number of cyclic esters (lactones) is 1. The molecule has 0 saturated heterocycles. The summed E-state index contributed by atoms with van der Waals surface area (Å²) < 4.78 is 21.4. The van der Waals surface area contributed by atoms with Crippen molar-refractivity contribution in [2.75, 3.05) is 0 Å². The lowest BCUT2D eigenvalue weighted by atomic mass is 9.82. The molecule has 2 aliphatic heterocycles. The summed E-state index contributed by atoms with van der Waals surface area (Å²) in [6, 6.07) is 3.02. The summed E-state index contributed by atoms with van der Waals surface area (Å²) in [6.07, 6.45) is 2.01. The second-order valence-electron chi connectivity index (χ2n) is 8.35. The van der Waals surface area contributed by atoms with Crippen molar-refractivity contribution in [2.24, 2.45) is 0 Å². The van der Waals surface area contributed by atoms with E-state index in [0.717, 1.165) is 22.1 Å². The molecular weight excluding hydrogens is 401 g/mol. The zero-order chi connectivity index (χ0) is 21.4. The summed E-state index contributed by atoms with van der Waals surface area (Å²) in [4.78, 5) is 41.0. The SMILES string of the molecule is Cc1c(F)cc2nc3c(c4c2c1CCC4NC=O)Cn1c-3cc2c(c1=O)COC(=O)C2. The first kappa shape index (κ1) is 18.2. The van der Waals surface area contributed by atoms with E-state index in [9.17, 15) is 18.8 Å². The number of carbonyl (C=O) groups is 2. The van der Waals surface area contributed by atoms with Crippen LogP contribution in [0.15, 0.2) is 16.9 Å². The minimum atomic E-state index is -0.367. The van der Waals surface area contributed by atoms with Crippen molar-refractivity contribution in [3.8, 4) is 11.4 Å². The number of halogens is 1. The lowest BCUT2D eigenvalue weighted by Gasteiger charge is -2.28. The number of nitrogens with one attached hydrogen (secondary N) is 1. The van der Waals surface area contributed by atoms with Crippen molar-refractivity contribution in [3.63, 3.8) is 0 Å². The van der Waals surface area contributed by atoms with Crippen LogP contribution in [0.4, 0.5) is 4.39 Å². The molecule has 6 rings (SSSR count). The van der Waals surface area contributed by atoms with Crippen LogP contribution in [0.3, 0.4) is 0 Å². The van der Waals surface area contributed by atoms with Crippen LogP contribution in [0.2, 0.25) is 0 Å². The maximum Gasteiger partial charge on any atom is 0.310 e. The molecule has 31 heavy (non-hydrogen) atoms. The van der Waals surface area contributed by atoms with Gasteiger partial charge in [0.2, 0.25) is 6.41 Å². The Hall–Kier alpha value is -3.55. The summed E-state index contributed by atoms with van der Waals surface area (Å²) >= 11 is 0. The average molecular weight is 419 g/mol. The Balaban J connectivity index is 1.69. The number of amides is 1. The number of rotatable bonds is 2. The molecule has 4 heterocycles. The fourth-order valence-corrected chi connectivity index (χ4v) is 5.31. The van der Waals surface area contributed by atoms with Crippen molar-refractivity contribution in [1.82, 2.24) is 14.9 Å². The van der Waals surface area contributed by atoms with E-state index in [0.29, 0.717) is 59.4 Å². The molecule has 2 aromatic heterocycles. The summed E-state index contributed by atoms with van der Waals surface area (Å²) in [7, 11) is 0. The third-order valence-corrected chi connectivity index (χ3v) is 6.81. The van der Waals surface area contributed by atoms with Crippen LogP contribution in [0.5, 0.6) is 0 Å². The number of esters is 1. The van der Waals surface area contributed by atoms with Gasteiger partial charge in [-0.1, -0.05) is 0 Å². The Morgan fingerprint density at radius 1 is 1.26 bits per heavy atom. The molecule has 1 unspecified atom stereocenters. The highest BCUT2D eigenvalue weighted by atomic mass is 19.1. The number of nitrogens with zero attached hydrogens (tertiary/aromatic N) is 2. The fourth-order valence-electron chi connectivity index (χ4n) is 5.31. The predicted octanol–water partition coefficient (Wildman–Crippen LogP) is 2.21. The van der Waals surface area contributed by atoms with Crippen molar-refractivity contribution in [2.45, 2.75) is 45.4 Å².